The van der Waals surface area contributed by atoms with Crippen LogP contribution in [0.1, 0.15) is 18.3 Å². The molecule has 0 fully saturated rings. The van der Waals surface area contributed by atoms with Crippen molar-refractivity contribution in [2.75, 3.05) is 11.1 Å². The summed E-state index contributed by atoms with van der Waals surface area (Å²) in [5.41, 5.74) is 1.92. The van der Waals surface area contributed by atoms with E-state index in [1.54, 1.807) is 41.0 Å². The number of carbonyl (C=O) groups excluding carboxylic acids is 1. The first-order valence-corrected chi connectivity index (χ1v) is 12.4. The number of carbonyl (C=O) groups is 1. The van der Waals surface area contributed by atoms with Crippen molar-refractivity contribution in [2.45, 2.75) is 35.7 Å². The lowest BCUT2D eigenvalue weighted by molar-refractivity contribution is -0.113. The number of aryl methyl sites for hydroxylation is 1. The third kappa shape index (κ3) is 6.05. The summed E-state index contributed by atoms with van der Waals surface area (Å²) in [5.74, 6) is -0.0346. The van der Waals surface area contributed by atoms with Crippen LogP contribution in [0, 0.1) is 0 Å². The average Bonchev–Trinajstić information content (AvgIpc) is 3.14. The molecule has 0 spiro atoms. The monoisotopic (exact) mass is 456 g/mol. The van der Waals surface area contributed by atoms with E-state index in [4.69, 9.17) is 0 Å². The molecule has 2 aromatic carbocycles. The molecule has 7 nitrogen and oxygen atoms in total. The first kappa shape index (κ1) is 22.8. The zero-order valence-corrected chi connectivity index (χ0v) is 18.8. The molecule has 0 saturated heterocycles. The van der Waals surface area contributed by atoms with Gasteiger partial charge in [-0.05, 0) is 36.2 Å². The molecular formula is C22H24N4O3S2. The zero-order valence-electron chi connectivity index (χ0n) is 17.2. The van der Waals surface area contributed by atoms with Gasteiger partial charge < -0.3 is 9.88 Å². The summed E-state index contributed by atoms with van der Waals surface area (Å²) in [4.78, 5) is 12.6. The molecule has 0 radical (unpaired) electrons. The molecule has 1 N–H and O–H groups in total. The van der Waals surface area contributed by atoms with Crippen molar-refractivity contribution < 1.29 is 13.2 Å². The van der Waals surface area contributed by atoms with E-state index < -0.39 is 9.84 Å². The van der Waals surface area contributed by atoms with Crippen molar-refractivity contribution in [3.05, 3.63) is 78.6 Å². The highest BCUT2D eigenvalue weighted by atomic mass is 32.2. The number of sulfone groups is 1. The van der Waals surface area contributed by atoms with Crippen LogP contribution in [0.25, 0.3) is 0 Å². The molecule has 1 amide bonds. The second-order valence-corrected chi connectivity index (χ2v) is 9.69. The fourth-order valence-electron chi connectivity index (χ4n) is 2.88. The number of thioether (sulfide) groups is 1. The molecule has 0 saturated carbocycles. The number of nitrogens with one attached hydrogen (secondary N) is 1. The van der Waals surface area contributed by atoms with Gasteiger partial charge in [0, 0.05) is 12.2 Å². The number of rotatable bonds is 10. The molecule has 0 aliphatic heterocycles. The van der Waals surface area contributed by atoms with E-state index >= 15 is 0 Å². The van der Waals surface area contributed by atoms with Crippen LogP contribution < -0.4 is 5.32 Å². The fraction of sp³-hybridized carbons (Fsp3) is 0.227. The summed E-state index contributed by atoms with van der Waals surface area (Å²) in [6, 6.07) is 15.9. The summed E-state index contributed by atoms with van der Waals surface area (Å²) >= 11 is 1.20. The number of anilines is 1. The van der Waals surface area contributed by atoms with Crippen molar-refractivity contribution >= 4 is 33.2 Å². The van der Waals surface area contributed by atoms with E-state index in [2.05, 4.69) is 29.0 Å². The normalized spacial score (nSPS) is 11.3. The van der Waals surface area contributed by atoms with Crippen LogP contribution in [-0.4, -0.2) is 34.8 Å². The Morgan fingerprint density at radius 1 is 1.13 bits per heavy atom. The third-order valence-corrected chi connectivity index (χ3v) is 7.10. The Bertz CT molecular complexity index is 1140. The minimum Gasteiger partial charge on any atom is -0.325 e. The van der Waals surface area contributed by atoms with E-state index in [0.29, 0.717) is 17.5 Å². The standard InChI is InChI=1S/C22H24N4O3S2/c1-3-14-26-20(16-31(28,29)19-8-6-5-7-9-19)24-25-22(26)30-15-21(27)23-18-12-10-17(4-2)11-13-18/h3,5-13H,1,4,14-16H2,2H3,(H,23,27). The fourth-order valence-corrected chi connectivity index (χ4v) is 4.94. The summed E-state index contributed by atoms with van der Waals surface area (Å²) in [5, 5.41) is 11.5. The van der Waals surface area contributed by atoms with Crippen LogP contribution >= 0.6 is 11.8 Å². The van der Waals surface area contributed by atoms with Crippen LogP contribution in [0.2, 0.25) is 0 Å². The zero-order chi connectivity index (χ0) is 22.3. The molecule has 3 rings (SSSR count). The summed E-state index contributed by atoms with van der Waals surface area (Å²) in [6.07, 6.45) is 2.58. The van der Waals surface area contributed by atoms with Gasteiger partial charge in [-0.15, -0.1) is 16.8 Å². The lowest BCUT2D eigenvalue weighted by atomic mass is 10.1. The van der Waals surface area contributed by atoms with Gasteiger partial charge in [-0.1, -0.05) is 55.1 Å². The van der Waals surface area contributed by atoms with Gasteiger partial charge >= 0.3 is 0 Å². The highest BCUT2D eigenvalue weighted by Gasteiger charge is 2.21. The van der Waals surface area contributed by atoms with E-state index in [-0.39, 0.29) is 22.3 Å². The Hall–Kier alpha value is -2.91. The summed E-state index contributed by atoms with van der Waals surface area (Å²) in [7, 11) is -3.56. The molecule has 162 valence electrons. The van der Waals surface area contributed by atoms with Gasteiger partial charge in [-0.2, -0.15) is 0 Å². The van der Waals surface area contributed by atoms with Gasteiger partial charge in [0.05, 0.1) is 10.6 Å². The first-order valence-electron chi connectivity index (χ1n) is 9.75. The van der Waals surface area contributed by atoms with E-state index in [0.717, 1.165) is 12.1 Å². The van der Waals surface area contributed by atoms with Gasteiger partial charge in [-0.3, -0.25) is 4.79 Å². The molecule has 0 aliphatic rings. The van der Waals surface area contributed by atoms with E-state index in [1.807, 2.05) is 24.3 Å². The van der Waals surface area contributed by atoms with Crippen molar-refractivity contribution in [3.8, 4) is 0 Å². The molecule has 0 unspecified atom stereocenters. The Balaban J connectivity index is 1.68. The van der Waals surface area contributed by atoms with Crippen molar-refractivity contribution in [1.29, 1.82) is 0 Å². The number of hydrogen-bond donors (Lipinski definition) is 1. The molecule has 0 bridgehead atoms. The van der Waals surface area contributed by atoms with Crippen molar-refractivity contribution in [1.82, 2.24) is 14.8 Å². The molecule has 0 atom stereocenters. The Kier molecular flexibility index (Phi) is 7.64. The Labute approximate surface area is 186 Å². The van der Waals surface area contributed by atoms with E-state index in [1.165, 1.54) is 17.3 Å². The Morgan fingerprint density at radius 3 is 2.48 bits per heavy atom. The largest absolute Gasteiger partial charge is 0.325 e. The van der Waals surface area contributed by atoms with Gasteiger partial charge in [0.1, 0.15) is 11.6 Å². The number of hydrogen-bond acceptors (Lipinski definition) is 6. The van der Waals surface area contributed by atoms with Crippen LogP contribution in [0.5, 0.6) is 0 Å². The smallest absolute Gasteiger partial charge is 0.234 e. The number of aromatic nitrogens is 3. The number of amides is 1. The third-order valence-electron chi connectivity index (χ3n) is 4.50. The maximum atomic E-state index is 12.7. The quantitative estimate of drug-likeness (QED) is 0.369. The summed E-state index contributed by atoms with van der Waals surface area (Å²) < 4.78 is 27.1. The topological polar surface area (TPSA) is 93.9 Å². The van der Waals surface area contributed by atoms with Crippen LogP contribution in [-0.2, 0) is 33.4 Å². The van der Waals surface area contributed by atoms with Crippen LogP contribution in [0.3, 0.4) is 0 Å². The first-order chi connectivity index (χ1) is 14.9. The molecule has 3 aromatic rings. The second-order valence-electron chi connectivity index (χ2n) is 6.76. The summed E-state index contributed by atoms with van der Waals surface area (Å²) in [6.45, 7) is 6.14. The molecule has 1 aromatic heterocycles. The van der Waals surface area contributed by atoms with Crippen LogP contribution in [0.4, 0.5) is 5.69 Å². The van der Waals surface area contributed by atoms with Crippen molar-refractivity contribution in [2.24, 2.45) is 0 Å². The van der Waals surface area contributed by atoms with Crippen molar-refractivity contribution in [3.63, 3.8) is 0 Å². The highest BCUT2D eigenvalue weighted by Crippen LogP contribution is 2.21. The lowest BCUT2D eigenvalue weighted by Gasteiger charge is -2.09. The number of benzene rings is 2. The molecule has 1 heterocycles. The minimum atomic E-state index is -3.56. The van der Waals surface area contributed by atoms with Gasteiger partial charge in [-0.25, -0.2) is 8.42 Å². The predicted molar refractivity (Wildman–Crippen MR) is 123 cm³/mol. The maximum absolute atomic E-state index is 12.7. The SMILES string of the molecule is C=CCn1c(CS(=O)(=O)c2ccccc2)nnc1SCC(=O)Nc1ccc(CC)cc1. The lowest BCUT2D eigenvalue weighted by Crippen LogP contribution is -2.15. The van der Waals surface area contributed by atoms with Gasteiger partial charge in [0.15, 0.2) is 15.0 Å². The number of nitrogens with zero attached hydrogens (tertiary/aromatic N) is 3. The maximum Gasteiger partial charge on any atom is 0.234 e. The van der Waals surface area contributed by atoms with Gasteiger partial charge in [0.25, 0.3) is 0 Å². The molecule has 9 heteroatoms. The molecule has 0 aliphatic carbocycles. The molecular weight excluding hydrogens is 432 g/mol. The van der Waals surface area contributed by atoms with Crippen LogP contribution in [0.15, 0.2) is 77.3 Å². The van der Waals surface area contributed by atoms with Gasteiger partial charge in [0.2, 0.25) is 5.91 Å². The number of allylic oxidation sites excluding steroid dienone is 1. The minimum absolute atomic E-state index is 0.121. The molecule has 31 heavy (non-hydrogen) atoms. The van der Waals surface area contributed by atoms with E-state index in [9.17, 15) is 13.2 Å². The Morgan fingerprint density at radius 2 is 1.84 bits per heavy atom. The predicted octanol–water partition coefficient (Wildman–Crippen LogP) is 3.73. The second kappa shape index (κ2) is 10.4. The average molecular weight is 457 g/mol. The highest BCUT2D eigenvalue weighted by molar-refractivity contribution is 7.99.